The Morgan fingerprint density at radius 1 is 1.16 bits per heavy atom. The molecule has 0 aliphatic carbocycles. The lowest BCUT2D eigenvalue weighted by molar-refractivity contribution is -0.137. The first-order chi connectivity index (χ1) is 14.8. The van der Waals surface area contributed by atoms with Crippen molar-refractivity contribution >= 4 is 10.9 Å². The van der Waals surface area contributed by atoms with Crippen LogP contribution in [0.5, 0.6) is 0 Å². The molecule has 5 rings (SSSR count). The third-order valence-electron chi connectivity index (χ3n) is 5.45. The topological polar surface area (TPSA) is 88.5 Å². The molecule has 31 heavy (non-hydrogen) atoms. The van der Waals surface area contributed by atoms with Gasteiger partial charge in [0, 0.05) is 22.7 Å². The van der Waals surface area contributed by atoms with Crippen LogP contribution in [0.1, 0.15) is 28.7 Å². The molecule has 1 atom stereocenters. The van der Waals surface area contributed by atoms with Crippen LogP contribution in [0.25, 0.3) is 22.4 Å². The minimum absolute atomic E-state index is 0.0814. The van der Waals surface area contributed by atoms with Gasteiger partial charge in [0.25, 0.3) is 0 Å². The quantitative estimate of drug-likeness (QED) is 0.513. The SMILES string of the molecule is Cc1c(-c2nc3n(n2)CC(c2ccc(C(F)(F)F)cn2)NC3)[nH]c2ccccc2c1=O. The molecule has 2 N–H and O–H groups in total. The van der Waals surface area contributed by atoms with Crippen molar-refractivity contribution in [2.45, 2.75) is 32.2 Å². The van der Waals surface area contributed by atoms with Crippen LogP contribution in [-0.4, -0.2) is 24.7 Å². The molecule has 10 heteroatoms. The van der Waals surface area contributed by atoms with E-state index in [0.717, 1.165) is 12.3 Å². The lowest BCUT2D eigenvalue weighted by Crippen LogP contribution is -2.33. The van der Waals surface area contributed by atoms with E-state index in [4.69, 9.17) is 0 Å². The number of hydrogen-bond acceptors (Lipinski definition) is 5. The second-order valence-electron chi connectivity index (χ2n) is 7.44. The zero-order valence-electron chi connectivity index (χ0n) is 16.4. The summed E-state index contributed by atoms with van der Waals surface area (Å²) in [5.74, 6) is 1.07. The van der Waals surface area contributed by atoms with Crippen LogP contribution >= 0.6 is 0 Å². The van der Waals surface area contributed by atoms with Crippen LogP contribution in [0.3, 0.4) is 0 Å². The van der Waals surface area contributed by atoms with E-state index in [9.17, 15) is 18.0 Å². The van der Waals surface area contributed by atoms with Crippen molar-refractivity contribution in [2.75, 3.05) is 0 Å². The minimum Gasteiger partial charge on any atom is -0.351 e. The summed E-state index contributed by atoms with van der Waals surface area (Å²) in [7, 11) is 0. The normalized spacial score (nSPS) is 16.5. The van der Waals surface area contributed by atoms with Gasteiger partial charge in [0.05, 0.1) is 36.1 Å². The molecule has 0 saturated heterocycles. The van der Waals surface area contributed by atoms with E-state index in [1.165, 1.54) is 6.07 Å². The predicted octanol–water partition coefficient (Wildman–Crippen LogP) is 3.35. The van der Waals surface area contributed by atoms with Gasteiger partial charge in [-0.25, -0.2) is 9.67 Å². The van der Waals surface area contributed by atoms with Gasteiger partial charge in [-0.15, -0.1) is 5.10 Å². The third kappa shape index (κ3) is 3.38. The zero-order valence-corrected chi connectivity index (χ0v) is 16.4. The number of nitrogens with zero attached hydrogens (tertiary/aromatic N) is 4. The molecule has 4 aromatic rings. The Bertz CT molecular complexity index is 1340. The smallest absolute Gasteiger partial charge is 0.351 e. The predicted molar refractivity (Wildman–Crippen MR) is 107 cm³/mol. The van der Waals surface area contributed by atoms with Crippen LogP contribution in [0.4, 0.5) is 13.2 Å². The van der Waals surface area contributed by atoms with Gasteiger partial charge in [-0.05, 0) is 31.2 Å². The Labute approximate surface area is 174 Å². The highest BCUT2D eigenvalue weighted by atomic mass is 19.4. The molecule has 3 aromatic heterocycles. The van der Waals surface area contributed by atoms with Crippen molar-refractivity contribution < 1.29 is 13.2 Å². The summed E-state index contributed by atoms with van der Waals surface area (Å²) in [5.41, 5.74) is 1.40. The summed E-state index contributed by atoms with van der Waals surface area (Å²) in [6.45, 7) is 2.46. The van der Waals surface area contributed by atoms with Crippen molar-refractivity contribution in [3.05, 3.63) is 75.5 Å². The Kier molecular flexibility index (Phi) is 4.40. The molecule has 0 fully saturated rings. The number of hydrogen-bond donors (Lipinski definition) is 2. The molecule has 7 nitrogen and oxygen atoms in total. The molecular formula is C21H17F3N6O. The van der Waals surface area contributed by atoms with E-state index in [1.54, 1.807) is 17.7 Å². The monoisotopic (exact) mass is 426 g/mol. The molecule has 158 valence electrons. The van der Waals surface area contributed by atoms with Gasteiger partial charge in [0.15, 0.2) is 11.3 Å². The van der Waals surface area contributed by atoms with Crippen molar-refractivity contribution in [3.63, 3.8) is 0 Å². The van der Waals surface area contributed by atoms with Gasteiger partial charge < -0.3 is 10.3 Å². The largest absolute Gasteiger partial charge is 0.417 e. The van der Waals surface area contributed by atoms with E-state index in [1.807, 2.05) is 18.2 Å². The fourth-order valence-electron chi connectivity index (χ4n) is 3.74. The van der Waals surface area contributed by atoms with E-state index in [0.29, 0.717) is 52.6 Å². The van der Waals surface area contributed by atoms with Gasteiger partial charge in [-0.2, -0.15) is 13.2 Å². The third-order valence-corrected chi connectivity index (χ3v) is 5.45. The van der Waals surface area contributed by atoms with Gasteiger partial charge in [0.2, 0.25) is 0 Å². The zero-order chi connectivity index (χ0) is 21.8. The fraction of sp³-hybridized carbons (Fsp3) is 0.238. The van der Waals surface area contributed by atoms with Crippen molar-refractivity contribution in [1.82, 2.24) is 30.0 Å². The maximum absolute atomic E-state index is 12.8. The average molecular weight is 426 g/mol. The van der Waals surface area contributed by atoms with Gasteiger partial charge in [-0.1, -0.05) is 12.1 Å². The van der Waals surface area contributed by atoms with Gasteiger partial charge >= 0.3 is 6.18 Å². The summed E-state index contributed by atoms with van der Waals surface area (Å²) in [6, 6.07) is 9.33. The molecule has 0 saturated carbocycles. The van der Waals surface area contributed by atoms with Crippen LogP contribution < -0.4 is 10.7 Å². The average Bonchev–Trinajstić information content (AvgIpc) is 3.19. The summed E-state index contributed by atoms with van der Waals surface area (Å²) in [6.07, 6.45) is -3.59. The second kappa shape index (κ2) is 7.02. The molecule has 0 bridgehead atoms. The molecule has 1 aromatic carbocycles. The van der Waals surface area contributed by atoms with E-state index in [2.05, 4.69) is 25.4 Å². The van der Waals surface area contributed by atoms with Crippen molar-refractivity contribution in [3.8, 4) is 11.5 Å². The van der Waals surface area contributed by atoms with Crippen LogP contribution in [0, 0.1) is 6.92 Å². The number of benzene rings is 1. The summed E-state index contributed by atoms with van der Waals surface area (Å²) in [4.78, 5) is 24.5. The van der Waals surface area contributed by atoms with Crippen LogP contribution in [0.2, 0.25) is 0 Å². The summed E-state index contributed by atoms with van der Waals surface area (Å²) < 4.78 is 40.0. The first kappa shape index (κ1) is 19.4. The number of pyridine rings is 2. The first-order valence-corrected chi connectivity index (χ1v) is 9.63. The maximum atomic E-state index is 12.8. The maximum Gasteiger partial charge on any atom is 0.417 e. The molecule has 0 radical (unpaired) electrons. The molecule has 0 amide bonds. The molecule has 1 aliphatic rings. The molecule has 1 aliphatic heterocycles. The lowest BCUT2D eigenvalue weighted by atomic mass is 10.1. The van der Waals surface area contributed by atoms with Gasteiger partial charge in [0.1, 0.15) is 5.82 Å². The molecule has 1 unspecified atom stereocenters. The number of H-pyrrole nitrogens is 1. The molecular weight excluding hydrogens is 409 g/mol. The Hall–Kier alpha value is -3.53. The Balaban J connectivity index is 1.47. The van der Waals surface area contributed by atoms with E-state index < -0.39 is 11.7 Å². The Morgan fingerprint density at radius 2 is 1.97 bits per heavy atom. The number of rotatable bonds is 2. The number of para-hydroxylation sites is 1. The van der Waals surface area contributed by atoms with Crippen molar-refractivity contribution in [1.29, 1.82) is 0 Å². The highest BCUT2D eigenvalue weighted by Gasteiger charge is 2.31. The summed E-state index contributed by atoms with van der Waals surface area (Å²) in [5, 5.41) is 8.38. The lowest BCUT2D eigenvalue weighted by Gasteiger charge is -2.23. The summed E-state index contributed by atoms with van der Waals surface area (Å²) >= 11 is 0. The standard InChI is InChI=1S/C21H17F3N6O/c1-11-18(27-14-5-3-2-4-13(14)19(11)31)20-28-17-9-26-16(10-30(17)29-20)15-7-6-12(8-25-15)21(22,23)24/h2-8,16,26H,9-10H2,1H3,(H,27,31). The number of aromatic amines is 1. The molecule has 0 spiro atoms. The van der Waals surface area contributed by atoms with E-state index in [-0.39, 0.29) is 11.5 Å². The van der Waals surface area contributed by atoms with E-state index >= 15 is 0 Å². The number of nitrogens with one attached hydrogen (secondary N) is 2. The second-order valence-corrected chi connectivity index (χ2v) is 7.44. The minimum atomic E-state index is -4.42. The van der Waals surface area contributed by atoms with Gasteiger partial charge in [-0.3, -0.25) is 9.78 Å². The van der Waals surface area contributed by atoms with Crippen LogP contribution in [-0.2, 0) is 19.3 Å². The highest BCUT2D eigenvalue weighted by molar-refractivity contribution is 5.82. The number of aromatic nitrogens is 5. The van der Waals surface area contributed by atoms with Crippen LogP contribution in [0.15, 0.2) is 47.4 Å². The fourth-order valence-corrected chi connectivity index (χ4v) is 3.74. The van der Waals surface area contributed by atoms with Crippen molar-refractivity contribution in [2.24, 2.45) is 0 Å². The Morgan fingerprint density at radius 3 is 2.71 bits per heavy atom. The number of halogens is 3. The number of alkyl halides is 3. The first-order valence-electron chi connectivity index (χ1n) is 9.63. The highest BCUT2D eigenvalue weighted by Crippen LogP contribution is 2.30. The number of fused-ring (bicyclic) bond motifs is 2. The molecule has 4 heterocycles.